The summed E-state index contributed by atoms with van der Waals surface area (Å²) in [5.74, 6) is -0.927. The van der Waals surface area contributed by atoms with Crippen molar-refractivity contribution >= 4 is 56.8 Å². The molecule has 3 unspecified atom stereocenters. The lowest BCUT2D eigenvalue weighted by molar-refractivity contribution is -0.126. The molecule has 1 amide bonds. The van der Waals surface area contributed by atoms with Gasteiger partial charge in [-0.3, -0.25) is 14.3 Å². The molecule has 1 aliphatic carbocycles. The lowest BCUT2D eigenvalue weighted by atomic mass is 9.80. The number of ketones is 1. The van der Waals surface area contributed by atoms with Gasteiger partial charge in [0.05, 0.1) is 28.9 Å². The number of carbonyl (C=O) groups excluding carboxylic acids is 2. The van der Waals surface area contributed by atoms with Gasteiger partial charge in [0.15, 0.2) is 5.78 Å². The number of ether oxygens (including phenoxy) is 1. The second-order valence-electron chi connectivity index (χ2n) is 7.96. The average molecular weight is 522 g/mol. The maximum absolute atomic E-state index is 12.6. The number of halogens is 2. The largest absolute Gasteiger partial charge is 0.496 e. The predicted molar refractivity (Wildman–Crippen MR) is 130 cm³/mol. The second kappa shape index (κ2) is 10.2. The number of hydrazone groups is 1. The molecule has 2 aromatic rings. The van der Waals surface area contributed by atoms with Gasteiger partial charge in [-0.2, -0.15) is 5.10 Å². The molecular formula is C23H21Cl2N3O5S. The Morgan fingerprint density at radius 3 is 2.50 bits per heavy atom. The number of alkyl halides is 1. The molecule has 178 valence electrons. The molecule has 0 saturated heterocycles. The van der Waals surface area contributed by atoms with Crippen molar-refractivity contribution in [3.8, 4) is 0 Å². The molecule has 1 fully saturated rings. The van der Waals surface area contributed by atoms with Crippen LogP contribution in [0.4, 0.5) is 5.69 Å². The highest BCUT2D eigenvalue weighted by Crippen LogP contribution is 2.34. The molecule has 1 heterocycles. The summed E-state index contributed by atoms with van der Waals surface area (Å²) in [5, 5.41) is 4.23. The van der Waals surface area contributed by atoms with E-state index < -0.39 is 15.9 Å². The first kappa shape index (κ1) is 24.3. The Hall–Kier alpha value is -2.88. The summed E-state index contributed by atoms with van der Waals surface area (Å²) >= 11 is 12.0. The van der Waals surface area contributed by atoms with E-state index in [1.165, 1.54) is 61.0 Å². The minimum atomic E-state index is -3.80. The van der Waals surface area contributed by atoms with Crippen molar-refractivity contribution in [2.45, 2.75) is 35.6 Å². The number of benzene rings is 2. The van der Waals surface area contributed by atoms with E-state index in [4.69, 9.17) is 27.9 Å². The van der Waals surface area contributed by atoms with Crippen LogP contribution < -0.4 is 10.1 Å². The van der Waals surface area contributed by atoms with Crippen molar-refractivity contribution < 1.29 is 22.7 Å². The van der Waals surface area contributed by atoms with Gasteiger partial charge < -0.3 is 4.74 Å². The van der Waals surface area contributed by atoms with Gasteiger partial charge in [0.25, 0.3) is 15.9 Å². The van der Waals surface area contributed by atoms with Crippen molar-refractivity contribution in [2.24, 2.45) is 11.0 Å². The highest BCUT2D eigenvalue weighted by Gasteiger charge is 2.39. The van der Waals surface area contributed by atoms with Crippen molar-refractivity contribution in [1.29, 1.82) is 0 Å². The van der Waals surface area contributed by atoms with Crippen LogP contribution in [0.15, 0.2) is 70.4 Å². The average Bonchev–Trinajstić information content (AvgIpc) is 2.81. The fourth-order valence-electron chi connectivity index (χ4n) is 3.80. The van der Waals surface area contributed by atoms with E-state index in [2.05, 4.69) is 15.2 Å². The fraction of sp³-hybridized carbons (Fsp3) is 0.261. The molecule has 11 heteroatoms. The van der Waals surface area contributed by atoms with Crippen molar-refractivity contribution in [3.63, 3.8) is 0 Å². The zero-order chi connectivity index (χ0) is 24.3. The monoisotopic (exact) mass is 521 g/mol. The van der Waals surface area contributed by atoms with Crippen molar-refractivity contribution in [2.75, 3.05) is 4.72 Å². The van der Waals surface area contributed by atoms with Crippen LogP contribution in [0.25, 0.3) is 0 Å². The van der Waals surface area contributed by atoms with E-state index >= 15 is 0 Å². The minimum absolute atomic E-state index is 0.0524. The number of Topliss-reactive ketones (excluding diaryl/α,β-unsaturated/α-hetero) is 1. The molecule has 3 atom stereocenters. The van der Waals surface area contributed by atoms with Gasteiger partial charge in [-0.25, -0.2) is 13.8 Å². The van der Waals surface area contributed by atoms with E-state index in [1.807, 2.05) is 0 Å². The number of allylic oxidation sites excluding steroid dienone is 1. The summed E-state index contributed by atoms with van der Waals surface area (Å²) in [6, 6.07) is 11.6. The predicted octanol–water partition coefficient (Wildman–Crippen LogP) is 4.12. The Labute approximate surface area is 207 Å². The topological polar surface area (TPSA) is 114 Å². The van der Waals surface area contributed by atoms with Crippen LogP contribution in [-0.4, -0.2) is 37.8 Å². The minimum Gasteiger partial charge on any atom is -0.496 e. The van der Waals surface area contributed by atoms with Gasteiger partial charge in [0.2, 0.25) is 0 Å². The van der Waals surface area contributed by atoms with Crippen LogP contribution in [0.2, 0.25) is 5.02 Å². The van der Waals surface area contributed by atoms with Crippen molar-refractivity contribution in [1.82, 2.24) is 5.43 Å². The van der Waals surface area contributed by atoms with Gasteiger partial charge in [-0.15, -0.1) is 11.6 Å². The quantitative estimate of drug-likeness (QED) is 0.337. The maximum Gasteiger partial charge on any atom is 0.271 e. The lowest BCUT2D eigenvalue weighted by Crippen LogP contribution is -2.40. The van der Waals surface area contributed by atoms with E-state index in [-0.39, 0.29) is 44.9 Å². The van der Waals surface area contributed by atoms with Crippen LogP contribution in [0.5, 0.6) is 0 Å². The van der Waals surface area contributed by atoms with Crippen molar-refractivity contribution in [3.05, 3.63) is 71.0 Å². The van der Waals surface area contributed by atoms with Gasteiger partial charge in [-0.05, 0) is 67.8 Å². The Morgan fingerprint density at radius 1 is 1.09 bits per heavy atom. The number of hydrogen-bond acceptors (Lipinski definition) is 6. The third-order valence-electron chi connectivity index (χ3n) is 5.61. The smallest absolute Gasteiger partial charge is 0.271 e. The van der Waals surface area contributed by atoms with E-state index in [1.54, 1.807) is 0 Å². The summed E-state index contributed by atoms with van der Waals surface area (Å²) < 4.78 is 33.0. The third-order valence-corrected chi connectivity index (χ3v) is 7.65. The molecule has 34 heavy (non-hydrogen) atoms. The lowest BCUT2D eigenvalue weighted by Gasteiger charge is -2.35. The van der Waals surface area contributed by atoms with Gasteiger partial charge >= 0.3 is 0 Å². The zero-order valence-corrected chi connectivity index (χ0v) is 20.1. The molecule has 1 saturated carbocycles. The number of nitrogens with zero attached hydrogens (tertiary/aromatic N) is 1. The maximum atomic E-state index is 12.6. The Kier molecular flexibility index (Phi) is 7.25. The van der Waals surface area contributed by atoms with Crippen LogP contribution in [0.3, 0.4) is 0 Å². The number of amides is 1. The Bertz CT molecular complexity index is 1240. The highest BCUT2D eigenvalue weighted by atomic mass is 35.5. The zero-order valence-electron chi connectivity index (χ0n) is 17.8. The number of hydrogen-bond donors (Lipinski definition) is 2. The molecule has 0 bridgehead atoms. The van der Waals surface area contributed by atoms with Gasteiger partial charge in [0, 0.05) is 21.7 Å². The molecule has 4 rings (SSSR count). The van der Waals surface area contributed by atoms with E-state index in [0.717, 1.165) is 12.8 Å². The molecule has 0 aromatic heterocycles. The van der Waals surface area contributed by atoms with Gasteiger partial charge in [0.1, 0.15) is 6.10 Å². The summed E-state index contributed by atoms with van der Waals surface area (Å²) in [4.78, 5) is 25.1. The fourth-order valence-corrected chi connectivity index (χ4v) is 5.30. The first-order valence-electron chi connectivity index (χ1n) is 10.5. The summed E-state index contributed by atoms with van der Waals surface area (Å²) in [6.07, 6.45) is 4.55. The number of carbonyl (C=O) groups is 2. The van der Waals surface area contributed by atoms with Crippen LogP contribution in [-0.2, 0) is 19.6 Å². The number of nitrogens with one attached hydrogen (secondary N) is 2. The third kappa shape index (κ3) is 5.60. The molecule has 2 aromatic carbocycles. The number of sulfonamides is 1. The first-order valence-corrected chi connectivity index (χ1v) is 12.8. The van der Waals surface area contributed by atoms with E-state index in [9.17, 15) is 18.0 Å². The van der Waals surface area contributed by atoms with E-state index in [0.29, 0.717) is 11.4 Å². The molecule has 1 aliphatic heterocycles. The molecule has 0 spiro atoms. The molecule has 8 nitrogen and oxygen atoms in total. The number of fused-ring (bicyclic) bond motifs is 1. The van der Waals surface area contributed by atoms with Crippen LogP contribution >= 0.6 is 23.2 Å². The van der Waals surface area contributed by atoms with Crippen LogP contribution in [0, 0.1) is 5.92 Å². The highest BCUT2D eigenvalue weighted by molar-refractivity contribution is 7.92. The van der Waals surface area contributed by atoms with Gasteiger partial charge in [-0.1, -0.05) is 11.6 Å². The Morgan fingerprint density at radius 2 is 1.79 bits per heavy atom. The first-order chi connectivity index (χ1) is 16.2. The summed E-state index contributed by atoms with van der Waals surface area (Å²) in [5.41, 5.74) is 3.15. The molecule has 0 radical (unpaired) electrons. The SMILES string of the molecule is O=C(N/N=C/C1=COC2CCC(Cl)CC2C1=O)c1ccc(NS(=O)(=O)c2ccc(Cl)cc2)cc1. The number of rotatable bonds is 6. The Balaban J connectivity index is 1.35. The summed E-state index contributed by atoms with van der Waals surface area (Å²) in [6.45, 7) is 0. The molecular weight excluding hydrogens is 501 g/mol. The molecule has 2 aliphatic rings. The standard InChI is InChI=1S/C23H21Cl2N3O5S/c24-16-3-8-19(9-4-16)34(31,32)28-18-6-1-14(2-7-18)23(30)27-26-12-15-13-33-21-10-5-17(25)11-20(21)22(15)29/h1-4,6-9,12-13,17,20-21,28H,5,10-11H2,(H,27,30)/b26-12+. The number of anilines is 1. The molecule has 2 N–H and O–H groups in total. The summed E-state index contributed by atoms with van der Waals surface area (Å²) in [7, 11) is -3.80. The second-order valence-corrected chi connectivity index (χ2v) is 10.7. The van der Waals surface area contributed by atoms with Crippen LogP contribution in [0.1, 0.15) is 29.6 Å². The normalized spacial score (nSPS) is 22.5.